The number of nitrogens with zero attached hydrogens (tertiary/aromatic N) is 2. The summed E-state index contributed by atoms with van der Waals surface area (Å²) < 4.78 is 54.2. The zero-order chi connectivity index (χ0) is 25.8. The first-order valence-electron chi connectivity index (χ1n) is 10.5. The van der Waals surface area contributed by atoms with Crippen molar-refractivity contribution in [3.8, 4) is 11.3 Å². The molecule has 1 aromatic heterocycles. The van der Waals surface area contributed by atoms with Crippen molar-refractivity contribution in [3.63, 3.8) is 0 Å². The third-order valence-electron chi connectivity index (χ3n) is 5.14. The lowest BCUT2D eigenvalue weighted by Crippen LogP contribution is -2.36. The summed E-state index contributed by atoms with van der Waals surface area (Å²) in [5.41, 5.74) is 1.84. The third-order valence-corrected chi connectivity index (χ3v) is 5.50. The Kier molecular flexibility index (Phi) is 7.35. The highest BCUT2D eigenvalue weighted by molar-refractivity contribution is 6.31. The number of nitrogens with one attached hydrogen (secondary N) is 3. The number of aliphatic imine (C=N–C) groups is 1. The zero-order valence-corrected chi connectivity index (χ0v) is 19.4. The van der Waals surface area contributed by atoms with Crippen LogP contribution in [0.2, 0.25) is 5.02 Å². The summed E-state index contributed by atoms with van der Waals surface area (Å²) in [6.07, 6.45) is 0. The van der Waals surface area contributed by atoms with Crippen LogP contribution in [0.15, 0.2) is 65.7 Å². The maximum atomic E-state index is 14.0. The van der Waals surface area contributed by atoms with Crippen LogP contribution in [0.5, 0.6) is 0 Å². The molecule has 0 spiro atoms. The molecule has 0 aliphatic heterocycles. The maximum absolute atomic E-state index is 14.0. The molecule has 6 nitrogen and oxygen atoms in total. The molecule has 1 amide bonds. The van der Waals surface area contributed by atoms with Gasteiger partial charge in [-0.15, -0.1) is 0 Å². The highest BCUT2D eigenvalue weighted by Crippen LogP contribution is 2.22. The number of halogens is 5. The predicted molar refractivity (Wildman–Crippen MR) is 129 cm³/mol. The smallest absolute Gasteiger partial charge is 0.258 e. The van der Waals surface area contributed by atoms with Gasteiger partial charge in [0.05, 0.1) is 12.2 Å². The van der Waals surface area contributed by atoms with E-state index in [0.717, 1.165) is 24.3 Å². The molecule has 11 heteroatoms. The highest BCUT2D eigenvalue weighted by atomic mass is 35.5. The number of carbonyl (C=O) groups is 1. The molecule has 0 aliphatic carbocycles. The maximum Gasteiger partial charge on any atom is 0.258 e. The van der Waals surface area contributed by atoms with E-state index in [1.54, 1.807) is 25.1 Å². The van der Waals surface area contributed by atoms with E-state index < -0.39 is 23.4 Å². The van der Waals surface area contributed by atoms with Crippen LogP contribution in [-0.4, -0.2) is 22.1 Å². The van der Waals surface area contributed by atoms with Crippen molar-refractivity contribution in [2.24, 2.45) is 4.99 Å². The van der Waals surface area contributed by atoms with E-state index in [0.29, 0.717) is 22.4 Å². The second-order valence-electron chi connectivity index (χ2n) is 7.74. The number of benzene rings is 3. The van der Waals surface area contributed by atoms with Gasteiger partial charge in [-0.2, -0.15) is 5.10 Å². The van der Waals surface area contributed by atoms with E-state index >= 15 is 0 Å². The number of carbonyl (C=O) groups excluding carboxylic acids is 1. The van der Waals surface area contributed by atoms with Gasteiger partial charge in [-0.3, -0.25) is 15.2 Å². The number of guanidine groups is 1. The first-order valence-corrected chi connectivity index (χ1v) is 10.9. The normalized spacial score (nSPS) is 11.4. The van der Waals surface area contributed by atoms with E-state index in [4.69, 9.17) is 11.6 Å². The first kappa shape index (κ1) is 24.9. The van der Waals surface area contributed by atoms with Gasteiger partial charge in [0.2, 0.25) is 5.96 Å². The molecule has 0 aliphatic rings. The summed E-state index contributed by atoms with van der Waals surface area (Å²) in [5, 5.41) is 12.3. The minimum atomic E-state index is -1.19. The summed E-state index contributed by atoms with van der Waals surface area (Å²) in [6.45, 7) is 1.59. The number of anilines is 1. The van der Waals surface area contributed by atoms with Gasteiger partial charge < -0.3 is 5.32 Å². The molecule has 0 saturated heterocycles. The second kappa shape index (κ2) is 10.6. The van der Waals surface area contributed by atoms with Gasteiger partial charge >= 0.3 is 0 Å². The van der Waals surface area contributed by atoms with Crippen LogP contribution in [0, 0.1) is 30.2 Å². The Labute approximate surface area is 208 Å². The van der Waals surface area contributed by atoms with Crippen LogP contribution in [-0.2, 0) is 6.54 Å². The molecule has 0 saturated carbocycles. The Morgan fingerprint density at radius 1 is 0.972 bits per heavy atom. The number of hydrogen-bond donors (Lipinski definition) is 3. The van der Waals surface area contributed by atoms with E-state index in [1.807, 2.05) is 0 Å². The van der Waals surface area contributed by atoms with E-state index in [2.05, 4.69) is 25.8 Å². The summed E-state index contributed by atoms with van der Waals surface area (Å²) >= 11 is 6.06. The van der Waals surface area contributed by atoms with Gasteiger partial charge in [-0.25, -0.2) is 22.6 Å². The highest BCUT2D eigenvalue weighted by Gasteiger charge is 2.14. The Morgan fingerprint density at radius 2 is 1.78 bits per heavy atom. The van der Waals surface area contributed by atoms with E-state index in [1.165, 1.54) is 18.2 Å². The lowest BCUT2D eigenvalue weighted by molar-refractivity contribution is 0.0976. The van der Waals surface area contributed by atoms with Crippen LogP contribution in [0.4, 0.5) is 23.4 Å². The van der Waals surface area contributed by atoms with Gasteiger partial charge in [-0.05, 0) is 54.4 Å². The van der Waals surface area contributed by atoms with Gasteiger partial charge in [-0.1, -0.05) is 29.8 Å². The summed E-state index contributed by atoms with van der Waals surface area (Å²) in [7, 11) is 0. The molecule has 184 valence electrons. The molecule has 4 rings (SSSR count). The molecule has 0 unspecified atom stereocenters. The van der Waals surface area contributed by atoms with Crippen molar-refractivity contribution in [1.82, 2.24) is 15.5 Å². The number of H-pyrrole nitrogens is 1. The fourth-order valence-electron chi connectivity index (χ4n) is 3.16. The number of rotatable bonds is 5. The molecular weight excluding hydrogens is 498 g/mol. The fourth-order valence-corrected chi connectivity index (χ4v) is 3.38. The molecule has 3 N–H and O–H groups in total. The van der Waals surface area contributed by atoms with Crippen molar-refractivity contribution in [2.75, 3.05) is 5.32 Å². The minimum absolute atomic E-state index is 0.0556. The van der Waals surface area contributed by atoms with Crippen molar-refractivity contribution in [1.29, 1.82) is 0 Å². The van der Waals surface area contributed by atoms with Gasteiger partial charge in [0, 0.05) is 22.2 Å². The number of amides is 1. The van der Waals surface area contributed by atoms with Crippen molar-refractivity contribution < 1.29 is 22.4 Å². The molecule has 0 atom stereocenters. The molecule has 3 aromatic carbocycles. The average Bonchev–Trinajstić information content (AvgIpc) is 3.30. The zero-order valence-electron chi connectivity index (χ0n) is 18.7. The molecule has 1 heterocycles. The molecule has 0 radical (unpaired) electrons. The summed E-state index contributed by atoms with van der Waals surface area (Å²) in [6, 6.07) is 12.7. The monoisotopic (exact) mass is 515 g/mol. The first-order chi connectivity index (χ1) is 17.2. The quantitative estimate of drug-likeness (QED) is 0.173. The van der Waals surface area contributed by atoms with Crippen molar-refractivity contribution >= 4 is 29.3 Å². The summed E-state index contributed by atoms with van der Waals surface area (Å²) in [5.74, 6) is -3.83. The van der Waals surface area contributed by atoms with Crippen LogP contribution < -0.4 is 10.6 Å². The molecule has 0 bridgehead atoms. The second-order valence-corrected chi connectivity index (χ2v) is 8.15. The largest absolute Gasteiger partial charge is 0.309 e. The van der Waals surface area contributed by atoms with Gasteiger partial charge in [0.1, 0.15) is 11.6 Å². The average molecular weight is 516 g/mol. The Balaban J connectivity index is 1.59. The standard InChI is InChI=1S/C25H18ClF4N5O/c1-13-2-3-14(8-20(13)29)22-11-23(35-34-22)32-25(31-12-16-4-6-17(27)10-18(16)26)33-24(36)15-5-7-19(28)21(30)9-15/h2-11H,12H2,1H3,(H3,31,32,33,34,35,36). The Morgan fingerprint density at radius 3 is 2.50 bits per heavy atom. The molecule has 0 fully saturated rings. The molecule has 36 heavy (non-hydrogen) atoms. The van der Waals surface area contributed by atoms with Crippen LogP contribution in [0.1, 0.15) is 21.5 Å². The number of aromatic nitrogens is 2. The number of aromatic amines is 1. The Bertz CT molecular complexity index is 1470. The third kappa shape index (κ3) is 5.89. The fraction of sp³-hybridized carbons (Fsp3) is 0.0800. The van der Waals surface area contributed by atoms with Crippen molar-refractivity contribution in [2.45, 2.75) is 13.5 Å². The SMILES string of the molecule is Cc1ccc(-c2cc(NC(=NCc3ccc(F)cc3Cl)NC(=O)c3ccc(F)c(F)c3)n[nH]2)cc1F. The molecular formula is C25H18ClF4N5O. The van der Waals surface area contributed by atoms with Crippen LogP contribution >= 0.6 is 11.6 Å². The van der Waals surface area contributed by atoms with Crippen LogP contribution in [0.3, 0.4) is 0 Å². The topological polar surface area (TPSA) is 82.2 Å². The van der Waals surface area contributed by atoms with Gasteiger partial charge in [0.15, 0.2) is 17.5 Å². The lowest BCUT2D eigenvalue weighted by Gasteiger charge is -2.11. The predicted octanol–water partition coefficient (Wildman–Crippen LogP) is 5.99. The van der Waals surface area contributed by atoms with Crippen molar-refractivity contribution in [3.05, 3.63) is 106 Å². The molecule has 4 aromatic rings. The number of hydrogen-bond acceptors (Lipinski definition) is 3. The van der Waals surface area contributed by atoms with Gasteiger partial charge in [0.25, 0.3) is 5.91 Å². The van der Waals surface area contributed by atoms with E-state index in [9.17, 15) is 22.4 Å². The summed E-state index contributed by atoms with van der Waals surface area (Å²) in [4.78, 5) is 16.9. The van der Waals surface area contributed by atoms with E-state index in [-0.39, 0.29) is 34.7 Å². The number of aryl methyl sites for hydroxylation is 1. The Hall–Kier alpha value is -4.18. The van der Waals surface area contributed by atoms with Crippen LogP contribution in [0.25, 0.3) is 11.3 Å². The minimum Gasteiger partial charge on any atom is -0.309 e. The lowest BCUT2D eigenvalue weighted by atomic mass is 10.1.